The van der Waals surface area contributed by atoms with Crippen molar-refractivity contribution >= 4 is 41.4 Å². The zero-order valence-corrected chi connectivity index (χ0v) is 13.4. The highest BCUT2D eigenvalue weighted by molar-refractivity contribution is 7.82. The van der Waals surface area contributed by atoms with Crippen molar-refractivity contribution in [1.29, 1.82) is 0 Å². The molecule has 7 heteroatoms. The molecular weight excluding hydrogens is 341 g/mol. The van der Waals surface area contributed by atoms with Crippen molar-refractivity contribution in [2.75, 3.05) is 5.34 Å². The van der Waals surface area contributed by atoms with Crippen molar-refractivity contribution in [3.8, 4) is 11.5 Å². The summed E-state index contributed by atoms with van der Waals surface area (Å²) < 4.78 is 22.1. The molecule has 2 aromatic rings. The van der Waals surface area contributed by atoms with Gasteiger partial charge in [-0.25, -0.2) is 4.57 Å². The molecule has 20 heavy (non-hydrogen) atoms. The lowest BCUT2D eigenvalue weighted by atomic mass is 10.3. The number of hydrogen-bond donors (Lipinski definition) is 0. The van der Waals surface area contributed by atoms with E-state index in [1.165, 1.54) is 0 Å². The highest BCUT2D eigenvalue weighted by Gasteiger charge is 2.24. The lowest BCUT2D eigenvalue weighted by Gasteiger charge is -2.13. The first kappa shape index (κ1) is 17.2. The fraction of sp³-hybridized carbons (Fsp3) is 0.0769. The summed E-state index contributed by atoms with van der Waals surface area (Å²) in [5.74, 6) is 0.809. The largest absolute Gasteiger partial charge is 0.530 e. The smallest absolute Gasteiger partial charge is 0.405 e. The highest BCUT2D eigenvalue weighted by atomic mass is 35.7. The van der Waals surface area contributed by atoms with Gasteiger partial charge < -0.3 is 9.05 Å². The van der Waals surface area contributed by atoms with Crippen LogP contribution in [-0.4, -0.2) is 5.34 Å². The van der Waals surface area contributed by atoms with Gasteiger partial charge in [0.15, 0.2) is 0 Å². The highest BCUT2D eigenvalue weighted by Crippen LogP contribution is 2.52. The number of para-hydroxylation sites is 2. The molecule has 0 spiro atoms. The molecule has 0 atom stereocenters. The van der Waals surface area contributed by atoms with Crippen LogP contribution in [0, 0.1) is 0 Å². The zero-order chi connectivity index (χ0) is 14.8. The van der Waals surface area contributed by atoms with Crippen molar-refractivity contribution in [3.63, 3.8) is 0 Å². The number of hydrogen-bond acceptors (Lipinski definition) is 3. The molecule has 0 aromatic heterocycles. The van der Waals surface area contributed by atoms with Crippen LogP contribution in [0.5, 0.6) is 11.5 Å². The number of alkyl halides is 2. The Kier molecular flexibility index (Phi) is 7.86. The summed E-state index contributed by atoms with van der Waals surface area (Å²) in [4.78, 5) is 0. The van der Waals surface area contributed by atoms with E-state index in [0.717, 1.165) is 0 Å². The van der Waals surface area contributed by atoms with Gasteiger partial charge in [0.25, 0.3) is 0 Å². The van der Waals surface area contributed by atoms with Crippen LogP contribution < -0.4 is 9.05 Å². The first-order chi connectivity index (χ1) is 9.57. The summed E-state index contributed by atoms with van der Waals surface area (Å²) >= 11 is 15.2. The van der Waals surface area contributed by atoms with Crippen LogP contribution in [-0.2, 0) is 4.57 Å². The molecule has 0 saturated heterocycles. The molecule has 0 saturated carbocycles. The molecule has 0 radical (unpaired) electrons. The van der Waals surface area contributed by atoms with Crippen LogP contribution in [0.1, 0.15) is 0 Å². The normalized spacial score (nSPS) is 10.2. The molecule has 108 valence electrons. The molecular formula is C13H12Cl3O3P. The van der Waals surface area contributed by atoms with Gasteiger partial charge in [0.2, 0.25) is 0 Å². The molecule has 0 aliphatic carbocycles. The second-order valence-electron chi connectivity index (χ2n) is 3.34. The Balaban J connectivity index is 0.000000612. The molecule has 0 aliphatic heterocycles. The van der Waals surface area contributed by atoms with Gasteiger partial charge in [0.05, 0.1) is 5.34 Å². The maximum atomic E-state index is 11.9. The fourth-order valence-electron chi connectivity index (χ4n) is 1.23. The van der Waals surface area contributed by atoms with Crippen molar-refractivity contribution < 1.29 is 13.6 Å². The first-order valence-corrected chi connectivity index (χ1v) is 9.00. The quantitative estimate of drug-likeness (QED) is 0.506. The summed E-state index contributed by atoms with van der Waals surface area (Å²) in [6.07, 6.45) is 0. The van der Waals surface area contributed by atoms with Gasteiger partial charge in [0, 0.05) is 11.2 Å². The van der Waals surface area contributed by atoms with Gasteiger partial charge in [-0.15, -0.1) is 23.2 Å². The van der Waals surface area contributed by atoms with Gasteiger partial charge in [0.1, 0.15) is 11.5 Å². The fourth-order valence-corrected chi connectivity index (χ4v) is 2.50. The molecule has 2 aromatic carbocycles. The van der Waals surface area contributed by atoms with Gasteiger partial charge in [-0.1, -0.05) is 36.4 Å². The summed E-state index contributed by atoms with van der Waals surface area (Å²) in [7, 11) is 0. The van der Waals surface area contributed by atoms with Crippen molar-refractivity contribution in [2.24, 2.45) is 0 Å². The maximum absolute atomic E-state index is 11.9. The van der Waals surface area contributed by atoms with Crippen LogP contribution in [0.2, 0.25) is 0 Å². The van der Waals surface area contributed by atoms with E-state index in [2.05, 4.69) is 0 Å². The molecule has 0 unspecified atom stereocenters. The Morgan fingerprint density at radius 3 is 1.40 bits per heavy atom. The Labute approximate surface area is 132 Å². The second kappa shape index (κ2) is 9.15. The average Bonchev–Trinajstić information content (AvgIpc) is 2.40. The number of rotatable bonds is 4. The van der Waals surface area contributed by atoms with E-state index >= 15 is 0 Å². The van der Waals surface area contributed by atoms with E-state index in [9.17, 15) is 4.57 Å². The van der Waals surface area contributed by atoms with Crippen LogP contribution >= 0.6 is 41.4 Å². The third kappa shape index (κ3) is 7.06. The number of halogens is 3. The molecule has 0 fully saturated rings. The topological polar surface area (TPSA) is 35.5 Å². The molecule has 0 aliphatic rings. The third-order valence-electron chi connectivity index (χ3n) is 1.92. The zero-order valence-electron chi connectivity index (χ0n) is 10.3. The van der Waals surface area contributed by atoms with Gasteiger partial charge in [-0.05, 0) is 24.3 Å². The summed E-state index contributed by atoms with van der Waals surface area (Å²) in [6.45, 7) is -3.66. The summed E-state index contributed by atoms with van der Waals surface area (Å²) in [6, 6.07) is 17.3. The maximum Gasteiger partial charge on any atom is 0.530 e. The van der Waals surface area contributed by atoms with E-state index in [-0.39, 0.29) is 5.34 Å². The third-order valence-corrected chi connectivity index (χ3v) is 3.19. The second-order valence-corrected chi connectivity index (χ2v) is 6.62. The average molecular weight is 354 g/mol. The van der Waals surface area contributed by atoms with Crippen LogP contribution in [0.15, 0.2) is 60.7 Å². The molecule has 3 nitrogen and oxygen atoms in total. The first-order valence-electron chi connectivity index (χ1n) is 5.48. The summed E-state index contributed by atoms with van der Waals surface area (Å²) in [5, 5.41) is 0.194. The summed E-state index contributed by atoms with van der Waals surface area (Å²) in [5.41, 5.74) is 0. The predicted molar refractivity (Wildman–Crippen MR) is 84.2 cm³/mol. The molecule has 0 amide bonds. The minimum atomic E-state index is -3.66. The van der Waals surface area contributed by atoms with Crippen LogP contribution in [0.25, 0.3) is 0 Å². The SMILES string of the molecule is ClCCl.O=P(Cl)(Oc1ccccc1)Oc1ccccc1. The standard InChI is InChI=1S/C12H10ClO3P.CH2Cl2/c13-17(14,15-11-7-3-1-4-8-11)16-12-9-5-2-6-10-12;2-1-3/h1-10H;1H2. The van der Waals surface area contributed by atoms with Crippen molar-refractivity contribution in [2.45, 2.75) is 0 Å². The Morgan fingerprint density at radius 1 is 0.800 bits per heavy atom. The predicted octanol–water partition coefficient (Wildman–Crippen LogP) is 5.91. The van der Waals surface area contributed by atoms with E-state index in [0.29, 0.717) is 11.5 Å². The van der Waals surface area contributed by atoms with Crippen LogP contribution in [0.4, 0.5) is 0 Å². The van der Waals surface area contributed by atoms with E-state index in [1.54, 1.807) is 48.5 Å². The van der Waals surface area contributed by atoms with E-state index < -0.39 is 6.95 Å². The minimum absolute atomic E-state index is 0.194. The van der Waals surface area contributed by atoms with Crippen LogP contribution in [0.3, 0.4) is 0 Å². The van der Waals surface area contributed by atoms with Gasteiger partial charge >= 0.3 is 6.95 Å². The Hall–Kier alpha value is -0.860. The van der Waals surface area contributed by atoms with E-state index in [1.807, 2.05) is 12.1 Å². The van der Waals surface area contributed by atoms with Crippen molar-refractivity contribution in [1.82, 2.24) is 0 Å². The Morgan fingerprint density at radius 2 is 1.10 bits per heavy atom. The minimum Gasteiger partial charge on any atom is -0.405 e. The van der Waals surface area contributed by atoms with Gasteiger partial charge in [-0.2, -0.15) is 0 Å². The lowest BCUT2D eigenvalue weighted by Crippen LogP contribution is -1.94. The monoisotopic (exact) mass is 352 g/mol. The molecule has 0 heterocycles. The van der Waals surface area contributed by atoms with E-state index in [4.69, 9.17) is 43.5 Å². The number of benzene rings is 2. The molecule has 0 N–H and O–H groups in total. The Bertz CT molecular complexity index is 492. The molecule has 0 bridgehead atoms. The molecule has 2 rings (SSSR count). The van der Waals surface area contributed by atoms with Gasteiger partial charge in [-0.3, -0.25) is 0 Å². The lowest BCUT2D eigenvalue weighted by molar-refractivity contribution is 0.406. The van der Waals surface area contributed by atoms with Crippen molar-refractivity contribution in [3.05, 3.63) is 60.7 Å².